The monoisotopic (exact) mass is 179 g/mol. The van der Waals surface area contributed by atoms with Crippen molar-refractivity contribution in [1.29, 1.82) is 0 Å². The van der Waals surface area contributed by atoms with Crippen molar-refractivity contribution >= 4 is 18.4 Å². The Kier molecular flexibility index (Phi) is 5.24. The topological polar surface area (TPSA) is 52.3 Å². The zero-order chi connectivity index (χ0) is 7.40. The van der Waals surface area contributed by atoms with E-state index >= 15 is 0 Å². The summed E-state index contributed by atoms with van der Waals surface area (Å²) in [6.07, 6.45) is 4.57. The van der Waals surface area contributed by atoms with Crippen LogP contribution in [0.25, 0.3) is 0 Å². The van der Waals surface area contributed by atoms with Crippen LogP contribution in [0.1, 0.15) is 25.7 Å². The van der Waals surface area contributed by atoms with E-state index in [2.05, 4.69) is 0 Å². The molecular weight excluding hydrogens is 166 g/mol. The Labute approximate surface area is 72.7 Å². The highest BCUT2D eigenvalue weighted by Crippen LogP contribution is 2.20. The fraction of sp³-hybridized carbons (Fsp3) is 0.857. The van der Waals surface area contributed by atoms with Gasteiger partial charge in [0.2, 0.25) is 0 Å². The van der Waals surface area contributed by atoms with Crippen LogP contribution in [0.15, 0.2) is 0 Å². The van der Waals surface area contributed by atoms with Crippen molar-refractivity contribution in [2.45, 2.75) is 31.8 Å². The maximum atomic E-state index is 10.6. The van der Waals surface area contributed by atoms with E-state index < -0.39 is 0 Å². The van der Waals surface area contributed by atoms with Gasteiger partial charge in [0, 0.05) is 0 Å². The average Bonchev–Trinajstić information content (AvgIpc) is 2.40. The molecule has 0 aliphatic heterocycles. The number of nitrogens with two attached hydrogens (primary N) is 1. The van der Waals surface area contributed by atoms with E-state index in [9.17, 15) is 4.79 Å². The molecule has 11 heavy (non-hydrogen) atoms. The molecule has 0 radical (unpaired) electrons. The standard InChI is InChI=1S/C7H13NO2.ClH/c8-5-7(9)10-6-3-1-2-4-6;/h6H,1-5,8H2;1H. The third-order valence-electron chi connectivity index (χ3n) is 1.77. The lowest BCUT2D eigenvalue weighted by Crippen LogP contribution is -2.21. The number of esters is 1. The van der Waals surface area contributed by atoms with Crippen LogP contribution >= 0.6 is 12.4 Å². The molecular formula is C7H14ClNO2. The Morgan fingerprint density at radius 1 is 1.45 bits per heavy atom. The molecule has 1 rings (SSSR count). The van der Waals surface area contributed by atoms with Crippen LogP contribution in [0.4, 0.5) is 0 Å². The number of hydrogen-bond donors (Lipinski definition) is 1. The molecule has 1 aliphatic carbocycles. The summed E-state index contributed by atoms with van der Waals surface area (Å²) < 4.78 is 5.00. The van der Waals surface area contributed by atoms with Crippen LogP contribution < -0.4 is 5.73 Å². The van der Waals surface area contributed by atoms with E-state index in [-0.39, 0.29) is 31.0 Å². The Balaban J connectivity index is 0.000001000. The van der Waals surface area contributed by atoms with Gasteiger partial charge in [-0.15, -0.1) is 12.4 Å². The zero-order valence-electron chi connectivity index (χ0n) is 6.41. The van der Waals surface area contributed by atoms with Crippen LogP contribution in [0.2, 0.25) is 0 Å². The first kappa shape index (κ1) is 10.7. The molecule has 0 atom stereocenters. The summed E-state index contributed by atoms with van der Waals surface area (Å²) in [5.41, 5.74) is 5.08. The van der Waals surface area contributed by atoms with Gasteiger partial charge in [0.25, 0.3) is 0 Å². The number of rotatable bonds is 2. The average molecular weight is 180 g/mol. The van der Waals surface area contributed by atoms with Gasteiger partial charge in [0.15, 0.2) is 0 Å². The number of halogens is 1. The van der Waals surface area contributed by atoms with E-state index in [1.54, 1.807) is 0 Å². The highest BCUT2D eigenvalue weighted by molar-refractivity contribution is 5.85. The minimum Gasteiger partial charge on any atom is -0.461 e. The van der Waals surface area contributed by atoms with Crippen LogP contribution in [0.5, 0.6) is 0 Å². The first-order valence-corrected chi connectivity index (χ1v) is 3.72. The molecule has 0 aromatic heterocycles. The SMILES string of the molecule is Cl.NCC(=O)OC1CCCC1. The molecule has 1 fully saturated rings. The Morgan fingerprint density at radius 3 is 2.45 bits per heavy atom. The second-order valence-corrected chi connectivity index (χ2v) is 2.60. The smallest absolute Gasteiger partial charge is 0.319 e. The summed E-state index contributed by atoms with van der Waals surface area (Å²) in [6.45, 7) is 0.0104. The highest BCUT2D eigenvalue weighted by atomic mass is 35.5. The van der Waals surface area contributed by atoms with Gasteiger partial charge >= 0.3 is 5.97 Å². The van der Waals surface area contributed by atoms with Crippen LogP contribution in [-0.2, 0) is 9.53 Å². The van der Waals surface area contributed by atoms with Gasteiger partial charge in [-0.1, -0.05) is 0 Å². The lowest BCUT2D eigenvalue weighted by Gasteiger charge is -2.08. The van der Waals surface area contributed by atoms with Crippen molar-refractivity contribution in [2.24, 2.45) is 5.73 Å². The third kappa shape index (κ3) is 3.58. The van der Waals surface area contributed by atoms with Crippen LogP contribution in [0, 0.1) is 0 Å². The number of carbonyl (C=O) groups is 1. The number of ether oxygens (including phenoxy) is 1. The largest absolute Gasteiger partial charge is 0.461 e. The summed E-state index contributed by atoms with van der Waals surface area (Å²) in [5.74, 6) is -0.271. The third-order valence-corrected chi connectivity index (χ3v) is 1.77. The molecule has 0 bridgehead atoms. The molecule has 0 spiro atoms. The maximum absolute atomic E-state index is 10.6. The van der Waals surface area contributed by atoms with Gasteiger partial charge in [0.1, 0.15) is 6.10 Å². The lowest BCUT2D eigenvalue weighted by molar-refractivity contribution is -0.146. The second kappa shape index (κ2) is 5.38. The maximum Gasteiger partial charge on any atom is 0.319 e. The fourth-order valence-electron chi connectivity index (χ4n) is 1.24. The minimum atomic E-state index is -0.271. The van der Waals surface area contributed by atoms with E-state index in [0.29, 0.717) is 0 Å². The van der Waals surface area contributed by atoms with Gasteiger partial charge in [-0.05, 0) is 25.7 Å². The molecule has 0 aromatic rings. The molecule has 2 N–H and O–H groups in total. The summed E-state index contributed by atoms with van der Waals surface area (Å²) >= 11 is 0. The molecule has 0 unspecified atom stereocenters. The highest BCUT2D eigenvalue weighted by Gasteiger charge is 2.17. The van der Waals surface area contributed by atoms with Crippen molar-refractivity contribution < 1.29 is 9.53 Å². The van der Waals surface area contributed by atoms with Gasteiger partial charge in [-0.2, -0.15) is 0 Å². The Bertz CT molecular complexity index is 124. The Hall–Kier alpha value is -0.280. The predicted octanol–water partition coefficient (Wildman–Crippen LogP) is 0.853. The van der Waals surface area contributed by atoms with Crippen molar-refractivity contribution in [1.82, 2.24) is 0 Å². The number of carbonyl (C=O) groups excluding carboxylic acids is 1. The summed E-state index contributed by atoms with van der Waals surface area (Å²) in [7, 11) is 0. The minimum absolute atomic E-state index is 0. The molecule has 66 valence electrons. The zero-order valence-corrected chi connectivity index (χ0v) is 7.23. The first-order chi connectivity index (χ1) is 4.83. The van der Waals surface area contributed by atoms with Crippen molar-refractivity contribution in [2.75, 3.05) is 6.54 Å². The van der Waals surface area contributed by atoms with Crippen LogP contribution in [0.3, 0.4) is 0 Å². The van der Waals surface area contributed by atoms with Crippen molar-refractivity contribution in [3.63, 3.8) is 0 Å². The molecule has 0 aromatic carbocycles. The molecule has 1 aliphatic rings. The molecule has 0 heterocycles. The van der Waals surface area contributed by atoms with Gasteiger partial charge in [-0.3, -0.25) is 4.79 Å². The van der Waals surface area contributed by atoms with E-state index in [1.165, 1.54) is 12.8 Å². The Morgan fingerprint density at radius 2 is 2.00 bits per heavy atom. The van der Waals surface area contributed by atoms with Gasteiger partial charge in [-0.25, -0.2) is 0 Å². The molecule has 0 saturated heterocycles. The van der Waals surface area contributed by atoms with Gasteiger partial charge in [0.05, 0.1) is 6.54 Å². The summed E-state index contributed by atoms with van der Waals surface area (Å²) in [6, 6.07) is 0. The van der Waals surface area contributed by atoms with Crippen LogP contribution in [-0.4, -0.2) is 18.6 Å². The summed E-state index contributed by atoms with van der Waals surface area (Å²) in [5, 5.41) is 0. The number of hydrogen-bond acceptors (Lipinski definition) is 3. The molecule has 1 saturated carbocycles. The van der Waals surface area contributed by atoms with Crippen molar-refractivity contribution in [3.05, 3.63) is 0 Å². The summed E-state index contributed by atoms with van der Waals surface area (Å²) in [4.78, 5) is 10.6. The van der Waals surface area contributed by atoms with E-state index in [4.69, 9.17) is 10.5 Å². The predicted molar refractivity (Wildman–Crippen MR) is 44.7 cm³/mol. The quantitative estimate of drug-likeness (QED) is 0.640. The molecule has 0 amide bonds. The van der Waals surface area contributed by atoms with Crippen molar-refractivity contribution in [3.8, 4) is 0 Å². The second-order valence-electron chi connectivity index (χ2n) is 2.60. The first-order valence-electron chi connectivity index (χ1n) is 3.72. The normalized spacial score (nSPS) is 17.5. The van der Waals surface area contributed by atoms with E-state index in [1.807, 2.05) is 0 Å². The van der Waals surface area contributed by atoms with Gasteiger partial charge < -0.3 is 10.5 Å². The lowest BCUT2D eigenvalue weighted by atomic mass is 10.3. The molecule has 3 nitrogen and oxygen atoms in total. The molecule has 4 heteroatoms. The fourth-order valence-corrected chi connectivity index (χ4v) is 1.24. The van der Waals surface area contributed by atoms with E-state index in [0.717, 1.165) is 12.8 Å².